The van der Waals surface area contributed by atoms with Gasteiger partial charge in [-0.2, -0.15) is 0 Å². The van der Waals surface area contributed by atoms with Crippen molar-refractivity contribution in [1.82, 2.24) is 24.8 Å². The third-order valence-electron chi connectivity index (χ3n) is 11.1. The van der Waals surface area contributed by atoms with E-state index in [4.69, 9.17) is 14.7 Å². The van der Waals surface area contributed by atoms with Crippen molar-refractivity contribution >= 4 is 28.5 Å². The summed E-state index contributed by atoms with van der Waals surface area (Å²) in [5, 5.41) is 6.99. The normalized spacial score (nSPS) is 24.7. The summed E-state index contributed by atoms with van der Waals surface area (Å²) in [6, 6.07) is 14.0. The molecule has 4 fully saturated rings. The first-order valence-corrected chi connectivity index (χ1v) is 17.2. The molecule has 8 rings (SSSR count). The Morgan fingerprint density at radius 1 is 1.14 bits per heavy atom. The number of carbonyl (C=O) groups excluding carboxylic acids is 1. The number of amides is 1. The molecule has 2 aromatic carbocycles. The maximum atomic E-state index is 14.8. The lowest BCUT2D eigenvalue weighted by Crippen LogP contribution is -2.58. The first-order valence-electron chi connectivity index (χ1n) is 17.2. The van der Waals surface area contributed by atoms with Crippen LogP contribution in [0.1, 0.15) is 46.1 Å². The van der Waals surface area contributed by atoms with Crippen molar-refractivity contribution in [2.24, 2.45) is 28.2 Å². The van der Waals surface area contributed by atoms with Gasteiger partial charge < -0.3 is 20.3 Å². The smallest absolute Gasteiger partial charge is 0.261 e. The maximum absolute atomic E-state index is 14.8. The molecule has 49 heavy (non-hydrogen) atoms. The van der Waals surface area contributed by atoms with E-state index in [9.17, 15) is 14.0 Å². The number of rotatable bonds is 7. The van der Waals surface area contributed by atoms with Crippen LogP contribution < -0.4 is 20.9 Å². The lowest BCUT2D eigenvalue weighted by Gasteiger charge is -2.61. The van der Waals surface area contributed by atoms with Crippen molar-refractivity contribution in [2.45, 2.75) is 65.6 Å². The highest BCUT2D eigenvalue weighted by Gasteiger charge is 2.56. The van der Waals surface area contributed by atoms with Gasteiger partial charge in [0.05, 0.1) is 30.6 Å². The number of ether oxygens (including phenoxy) is 1. The van der Waals surface area contributed by atoms with Gasteiger partial charge in [-0.3, -0.25) is 19.1 Å². The van der Waals surface area contributed by atoms with Crippen molar-refractivity contribution < 1.29 is 13.9 Å². The van der Waals surface area contributed by atoms with Crippen molar-refractivity contribution in [3.8, 4) is 17.1 Å². The Kier molecular flexibility index (Phi) is 8.62. The Hall–Kier alpha value is -4.80. The molecule has 3 saturated carbocycles. The summed E-state index contributed by atoms with van der Waals surface area (Å²) in [5.74, 6) is 2.83. The molecule has 2 bridgehead atoms. The number of piperazine rings is 1. The zero-order valence-corrected chi connectivity index (χ0v) is 28.7. The number of hydrogen-bond acceptors (Lipinski definition) is 6. The minimum atomic E-state index is -0.388. The molecule has 0 unspecified atom stereocenters. The summed E-state index contributed by atoms with van der Waals surface area (Å²) in [7, 11) is 1.50. The number of aryl methyl sites for hydroxylation is 1. The van der Waals surface area contributed by atoms with E-state index < -0.39 is 0 Å². The van der Waals surface area contributed by atoms with Crippen LogP contribution in [0.2, 0.25) is 0 Å². The van der Waals surface area contributed by atoms with E-state index in [2.05, 4.69) is 36.4 Å². The van der Waals surface area contributed by atoms with Gasteiger partial charge in [0, 0.05) is 48.8 Å². The fourth-order valence-corrected chi connectivity index (χ4v) is 8.18. The molecule has 1 saturated heterocycles. The number of anilines is 1. The largest absolute Gasteiger partial charge is 0.497 e. The van der Waals surface area contributed by atoms with Crippen LogP contribution in [0.4, 0.5) is 10.1 Å². The number of nitrogens with zero attached hydrogens (tertiary/aromatic N) is 5. The fraction of sp³-hybridized carbons (Fsp3) is 0.447. The molecule has 4 aliphatic rings. The molecule has 11 heteroatoms. The molecule has 5 atom stereocenters. The maximum Gasteiger partial charge on any atom is 0.261 e. The van der Waals surface area contributed by atoms with Crippen molar-refractivity contribution in [1.29, 1.82) is 0 Å². The summed E-state index contributed by atoms with van der Waals surface area (Å²) in [6.45, 7) is 10.1. The molecule has 4 aromatic rings. The van der Waals surface area contributed by atoms with E-state index in [0.717, 1.165) is 12.1 Å². The number of pyridine rings is 1. The molecule has 2 N–H and O–H groups in total. The Balaban J connectivity index is 1.24. The Bertz CT molecular complexity index is 1980. The standard InChI is InChI=1S/C38H44FN7O3/c1-22-20-45(21-34(47)41-22)37(44-32-16-26-15-30(23(32)2)38(26,3)4)42-27-9-11-29-33(17-27)43-35(25-7-6-13-40-19-25)46(36(29)48)14-12-24-8-10-28(49-5)18-31(24)39/h6-11,13,17-19,22-23,26,30,32H,12,14-16,20-21H2,1-5H3,(H,41,47)(H,42,44)/t22-,23-,26+,30-,32-/m0/s1. The predicted octanol–water partition coefficient (Wildman–Crippen LogP) is 5.51. The Morgan fingerprint density at radius 2 is 1.98 bits per heavy atom. The topological polar surface area (TPSA) is 114 Å². The zero-order chi connectivity index (χ0) is 34.4. The van der Waals surface area contributed by atoms with Crippen LogP contribution in [0.15, 0.2) is 70.7 Å². The van der Waals surface area contributed by atoms with Crippen LogP contribution >= 0.6 is 0 Å². The van der Waals surface area contributed by atoms with Crippen LogP contribution in [0.3, 0.4) is 0 Å². The minimum Gasteiger partial charge on any atom is -0.497 e. The van der Waals surface area contributed by atoms with Gasteiger partial charge in [0.15, 0.2) is 5.96 Å². The summed E-state index contributed by atoms with van der Waals surface area (Å²) in [6.07, 6.45) is 5.91. The first-order chi connectivity index (χ1) is 23.5. The average molecular weight is 666 g/mol. The molecule has 1 amide bonds. The second kappa shape index (κ2) is 12.9. The van der Waals surface area contributed by atoms with Gasteiger partial charge in [-0.15, -0.1) is 0 Å². The van der Waals surface area contributed by atoms with E-state index in [0.29, 0.717) is 69.3 Å². The number of aromatic nitrogens is 3. The SMILES string of the molecule is COc1ccc(CCn2c(-c3cccnc3)nc3cc(N/C(=N/[C@H]4C[C@H]5C[C@@H]([C@@H]4C)C5(C)C)N4CC(=O)N[C@@H](C)C4)ccc3c2=O)c(F)c1. The van der Waals surface area contributed by atoms with Crippen LogP contribution in [-0.4, -0.2) is 63.6 Å². The molecule has 0 spiro atoms. The highest BCUT2D eigenvalue weighted by Crippen LogP contribution is 2.61. The monoisotopic (exact) mass is 665 g/mol. The summed E-state index contributed by atoms with van der Waals surface area (Å²) < 4.78 is 21.6. The highest BCUT2D eigenvalue weighted by atomic mass is 19.1. The van der Waals surface area contributed by atoms with Crippen molar-refractivity contribution in [3.05, 3.63) is 82.7 Å². The van der Waals surface area contributed by atoms with Crippen molar-refractivity contribution in [2.75, 3.05) is 25.5 Å². The number of guanidine groups is 1. The number of halogens is 1. The van der Waals surface area contributed by atoms with E-state index in [1.807, 2.05) is 30.0 Å². The van der Waals surface area contributed by atoms with Gasteiger partial charge in [0.25, 0.3) is 5.56 Å². The second-order valence-corrected chi connectivity index (χ2v) is 14.5. The zero-order valence-electron chi connectivity index (χ0n) is 28.7. The second-order valence-electron chi connectivity index (χ2n) is 14.5. The Morgan fingerprint density at radius 3 is 2.67 bits per heavy atom. The van der Waals surface area contributed by atoms with Gasteiger partial charge in [0.1, 0.15) is 17.4 Å². The van der Waals surface area contributed by atoms with Gasteiger partial charge in [-0.25, -0.2) is 14.4 Å². The number of fused-ring (bicyclic) bond motifs is 3. The van der Waals surface area contributed by atoms with Gasteiger partial charge in [-0.1, -0.05) is 26.8 Å². The van der Waals surface area contributed by atoms with E-state index >= 15 is 0 Å². The third-order valence-corrected chi connectivity index (χ3v) is 11.1. The lowest BCUT2D eigenvalue weighted by atomic mass is 9.45. The number of carbonyl (C=O) groups is 1. The summed E-state index contributed by atoms with van der Waals surface area (Å²) in [4.78, 5) is 43.3. The van der Waals surface area contributed by atoms with E-state index in [1.165, 1.54) is 19.6 Å². The number of benzene rings is 2. The molecular formula is C38H44FN7O3. The minimum absolute atomic E-state index is 0.0190. The molecule has 1 aliphatic heterocycles. The van der Waals surface area contributed by atoms with E-state index in [-0.39, 0.29) is 48.9 Å². The third kappa shape index (κ3) is 6.26. The quantitative estimate of drug-likeness (QED) is 0.198. The number of nitrogens with one attached hydrogen (secondary N) is 2. The molecule has 0 radical (unpaired) electrons. The Labute approximate surface area is 285 Å². The van der Waals surface area contributed by atoms with Crippen LogP contribution in [0.25, 0.3) is 22.3 Å². The molecule has 256 valence electrons. The lowest BCUT2D eigenvalue weighted by molar-refractivity contribution is -0.124. The van der Waals surface area contributed by atoms with Crippen molar-refractivity contribution in [3.63, 3.8) is 0 Å². The highest BCUT2D eigenvalue weighted by molar-refractivity contribution is 5.98. The number of hydrogen-bond donors (Lipinski definition) is 2. The summed E-state index contributed by atoms with van der Waals surface area (Å²) >= 11 is 0. The number of aliphatic imine (C=N–C) groups is 1. The van der Waals surface area contributed by atoms with Crippen LogP contribution in [0.5, 0.6) is 5.75 Å². The number of methoxy groups -OCH3 is 1. The fourth-order valence-electron chi connectivity index (χ4n) is 8.18. The van der Waals surface area contributed by atoms with Crippen LogP contribution in [-0.2, 0) is 17.8 Å². The van der Waals surface area contributed by atoms with Gasteiger partial charge >= 0.3 is 0 Å². The molecule has 2 aromatic heterocycles. The molecule has 3 aliphatic carbocycles. The summed E-state index contributed by atoms with van der Waals surface area (Å²) in [5.41, 5.74) is 2.51. The van der Waals surface area contributed by atoms with Crippen LogP contribution in [0, 0.1) is 29.0 Å². The molecule has 10 nitrogen and oxygen atoms in total. The average Bonchev–Trinajstić information content (AvgIpc) is 3.08. The first kappa shape index (κ1) is 32.7. The molecular weight excluding hydrogens is 621 g/mol. The van der Waals surface area contributed by atoms with E-state index in [1.54, 1.807) is 41.2 Å². The van der Waals surface area contributed by atoms with Gasteiger partial charge in [0.2, 0.25) is 5.91 Å². The predicted molar refractivity (Wildman–Crippen MR) is 189 cm³/mol. The molecule has 3 heterocycles. The van der Waals surface area contributed by atoms with Gasteiger partial charge in [-0.05, 0) is 91.3 Å².